The monoisotopic (exact) mass is 384 g/mol. The summed E-state index contributed by atoms with van der Waals surface area (Å²) in [5, 5.41) is 7.44. The van der Waals surface area contributed by atoms with E-state index >= 15 is 0 Å². The van der Waals surface area contributed by atoms with Gasteiger partial charge in [-0.25, -0.2) is 4.98 Å². The van der Waals surface area contributed by atoms with E-state index in [4.69, 9.17) is 0 Å². The Morgan fingerprint density at radius 3 is 3.15 bits per heavy atom. The van der Waals surface area contributed by atoms with Gasteiger partial charge in [0.25, 0.3) is 11.5 Å². The fourth-order valence-corrected chi connectivity index (χ4v) is 5.85. The van der Waals surface area contributed by atoms with E-state index in [-0.39, 0.29) is 17.0 Å². The van der Waals surface area contributed by atoms with Gasteiger partial charge in [-0.15, -0.1) is 11.3 Å². The molecule has 2 aromatic rings. The van der Waals surface area contributed by atoms with Crippen LogP contribution >= 0.6 is 11.3 Å². The highest BCUT2D eigenvalue weighted by atomic mass is 32.1. The molecule has 1 amide bonds. The number of carbonyl (C=O) groups excluding carboxylic acids is 1. The molecular formula is C20H24N4O2S. The summed E-state index contributed by atoms with van der Waals surface area (Å²) >= 11 is 1.77. The van der Waals surface area contributed by atoms with Gasteiger partial charge >= 0.3 is 0 Å². The normalized spacial score (nSPS) is 23.0. The lowest BCUT2D eigenvalue weighted by Gasteiger charge is -2.37. The van der Waals surface area contributed by atoms with E-state index in [9.17, 15) is 9.59 Å². The Balaban J connectivity index is 1.27. The van der Waals surface area contributed by atoms with Crippen molar-refractivity contribution < 1.29 is 4.79 Å². The minimum Gasteiger partial charge on any atom is -0.351 e. The van der Waals surface area contributed by atoms with Crippen LogP contribution in [-0.4, -0.2) is 35.1 Å². The zero-order chi connectivity index (χ0) is 18.4. The Hall–Kier alpha value is -1.99. The summed E-state index contributed by atoms with van der Waals surface area (Å²) in [7, 11) is 0. The molecule has 0 aromatic carbocycles. The molecule has 4 heterocycles. The second-order valence-corrected chi connectivity index (χ2v) is 9.05. The van der Waals surface area contributed by atoms with Gasteiger partial charge in [0.1, 0.15) is 5.56 Å². The van der Waals surface area contributed by atoms with E-state index in [0.29, 0.717) is 24.9 Å². The fraction of sp³-hybridized carbons (Fsp3) is 0.550. The quantitative estimate of drug-likeness (QED) is 0.837. The van der Waals surface area contributed by atoms with Crippen molar-refractivity contribution in [3.05, 3.63) is 49.3 Å². The summed E-state index contributed by atoms with van der Waals surface area (Å²) in [4.78, 5) is 31.5. The van der Waals surface area contributed by atoms with Gasteiger partial charge in [0.05, 0.1) is 10.7 Å². The van der Waals surface area contributed by atoms with Gasteiger partial charge < -0.3 is 15.2 Å². The van der Waals surface area contributed by atoms with Gasteiger partial charge in [0.15, 0.2) is 0 Å². The number of fused-ring (bicyclic) bond motifs is 5. The second-order valence-electron chi connectivity index (χ2n) is 7.88. The maximum absolute atomic E-state index is 12.9. The Bertz CT molecular complexity index is 926. The lowest BCUT2D eigenvalue weighted by atomic mass is 9.84. The molecule has 2 atom stereocenters. The van der Waals surface area contributed by atoms with Crippen molar-refractivity contribution in [3.63, 3.8) is 0 Å². The molecule has 0 unspecified atom stereocenters. The SMILES string of the molecule is O=C(NCCc1nc2c(s1)CCC2)c1ccc2n(c1=O)C[C@@H]1CNC[C@H]2C1. The molecule has 5 rings (SSSR count). The minimum atomic E-state index is -0.270. The standard InChI is InChI=1S/C20H24N4O2S/c25-19(22-7-6-18-23-15-2-1-3-17(15)27-18)14-4-5-16-13-8-12(9-21-10-13)11-24(16)20(14)26/h4-5,12-13,21H,1-3,6-11H2,(H,22,25)/t12-,13+/m0/s1. The molecule has 3 aliphatic rings. The summed E-state index contributed by atoms with van der Waals surface area (Å²) in [6.45, 7) is 3.10. The van der Waals surface area contributed by atoms with Crippen LogP contribution in [0.1, 0.15) is 50.4 Å². The van der Waals surface area contributed by atoms with E-state index in [1.165, 1.54) is 17.0 Å². The molecule has 27 heavy (non-hydrogen) atoms. The third-order valence-electron chi connectivity index (χ3n) is 6.02. The van der Waals surface area contributed by atoms with Gasteiger partial charge in [-0.2, -0.15) is 0 Å². The van der Waals surface area contributed by atoms with Crippen LogP contribution in [0.2, 0.25) is 0 Å². The molecule has 0 spiro atoms. The van der Waals surface area contributed by atoms with Crippen molar-refractivity contribution in [1.82, 2.24) is 20.2 Å². The van der Waals surface area contributed by atoms with E-state index in [1.54, 1.807) is 17.4 Å². The van der Waals surface area contributed by atoms with Crippen molar-refractivity contribution in [1.29, 1.82) is 0 Å². The van der Waals surface area contributed by atoms with E-state index in [1.807, 2.05) is 10.6 Å². The predicted molar refractivity (Wildman–Crippen MR) is 105 cm³/mol. The molecule has 0 radical (unpaired) electrons. The number of hydrogen-bond donors (Lipinski definition) is 2. The van der Waals surface area contributed by atoms with Gasteiger partial charge in [-0.05, 0) is 50.3 Å². The number of carbonyl (C=O) groups is 1. The number of nitrogens with one attached hydrogen (secondary N) is 2. The fourth-order valence-electron chi connectivity index (χ4n) is 4.69. The molecule has 1 aliphatic carbocycles. The summed E-state index contributed by atoms with van der Waals surface area (Å²) in [5.74, 6) is 0.599. The number of pyridine rings is 1. The summed E-state index contributed by atoms with van der Waals surface area (Å²) < 4.78 is 1.83. The van der Waals surface area contributed by atoms with Gasteiger partial charge in [-0.3, -0.25) is 9.59 Å². The van der Waals surface area contributed by atoms with Crippen molar-refractivity contribution in [3.8, 4) is 0 Å². The van der Waals surface area contributed by atoms with E-state index in [0.717, 1.165) is 49.5 Å². The Morgan fingerprint density at radius 1 is 1.33 bits per heavy atom. The van der Waals surface area contributed by atoms with Crippen LogP contribution in [-0.2, 0) is 25.8 Å². The number of thiazole rings is 1. The second kappa shape index (κ2) is 6.87. The van der Waals surface area contributed by atoms with Crippen LogP contribution in [0.25, 0.3) is 0 Å². The Kier molecular flexibility index (Phi) is 4.36. The maximum atomic E-state index is 12.9. The van der Waals surface area contributed by atoms with E-state index < -0.39 is 0 Å². The molecule has 2 bridgehead atoms. The highest BCUT2D eigenvalue weighted by molar-refractivity contribution is 7.11. The largest absolute Gasteiger partial charge is 0.351 e. The number of aromatic nitrogens is 2. The molecule has 1 fully saturated rings. The van der Waals surface area contributed by atoms with Crippen LogP contribution in [0, 0.1) is 5.92 Å². The zero-order valence-electron chi connectivity index (χ0n) is 15.3. The van der Waals surface area contributed by atoms with Crippen LogP contribution in [0.5, 0.6) is 0 Å². The third kappa shape index (κ3) is 3.12. The Morgan fingerprint density at radius 2 is 2.26 bits per heavy atom. The molecule has 0 saturated carbocycles. The molecule has 6 nitrogen and oxygen atoms in total. The summed E-state index contributed by atoms with van der Waals surface area (Å²) in [6, 6.07) is 3.67. The first-order valence-electron chi connectivity index (χ1n) is 9.89. The topological polar surface area (TPSA) is 76.0 Å². The average Bonchev–Trinajstić information content (AvgIpc) is 3.24. The first kappa shape index (κ1) is 17.1. The summed E-state index contributed by atoms with van der Waals surface area (Å²) in [6.07, 6.45) is 5.30. The third-order valence-corrected chi connectivity index (χ3v) is 7.23. The number of nitrogens with zero attached hydrogens (tertiary/aromatic N) is 2. The molecular weight excluding hydrogens is 360 g/mol. The highest BCUT2D eigenvalue weighted by Crippen LogP contribution is 2.31. The number of aryl methyl sites for hydroxylation is 2. The number of piperidine rings is 1. The highest BCUT2D eigenvalue weighted by Gasteiger charge is 2.31. The van der Waals surface area contributed by atoms with Crippen molar-refractivity contribution in [2.45, 2.75) is 44.6 Å². The first-order chi connectivity index (χ1) is 13.2. The molecule has 1 saturated heterocycles. The predicted octanol–water partition coefficient (Wildman–Crippen LogP) is 1.47. The van der Waals surface area contributed by atoms with Crippen molar-refractivity contribution in [2.75, 3.05) is 19.6 Å². The molecule has 2 aromatic heterocycles. The average molecular weight is 385 g/mol. The minimum absolute atomic E-state index is 0.144. The van der Waals surface area contributed by atoms with Crippen LogP contribution in [0.4, 0.5) is 0 Å². The molecule has 2 N–H and O–H groups in total. The van der Waals surface area contributed by atoms with Crippen LogP contribution in [0.3, 0.4) is 0 Å². The molecule has 142 valence electrons. The van der Waals surface area contributed by atoms with Gasteiger partial charge in [0, 0.05) is 42.5 Å². The van der Waals surface area contributed by atoms with Gasteiger partial charge in [-0.1, -0.05) is 0 Å². The lowest BCUT2D eigenvalue weighted by molar-refractivity contribution is 0.0951. The summed E-state index contributed by atoms with van der Waals surface area (Å²) in [5.41, 5.74) is 2.43. The number of rotatable bonds is 4. The van der Waals surface area contributed by atoms with Crippen LogP contribution in [0.15, 0.2) is 16.9 Å². The van der Waals surface area contributed by atoms with Crippen molar-refractivity contribution >= 4 is 17.2 Å². The zero-order valence-corrected chi connectivity index (χ0v) is 16.1. The van der Waals surface area contributed by atoms with E-state index in [2.05, 4.69) is 15.6 Å². The maximum Gasteiger partial charge on any atom is 0.263 e. The smallest absolute Gasteiger partial charge is 0.263 e. The van der Waals surface area contributed by atoms with Crippen molar-refractivity contribution in [2.24, 2.45) is 5.92 Å². The number of hydrogen-bond acceptors (Lipinski definition) is 5. The Labute approximate surface area is 162 Å². The first-order valence-corrected chi connectivity index (χ1v) is 10.7. The number of amides is 1. The molecule has 2 aliphatic heterocycles. The van der Waals surface area contributed by atoms with Crippen LogP contribution < -0.4 is 16.2 Å². The van der Waals surface area contributed by atoms with Gasteiger partial charge in [0.2, 0.25) is 0 Å². The lowest BCUT2D eigenvalue weighted by Crippen LogP contribution is -2.46. The molecule has 7 heteroatoms.